The lowest BCUT2D eigenvalue weighted by Crippen LogP contribution is -2.50. The van der Waals surface area contributed by atoms with E-state index < -0.39 is 29.6 Å². The average molecular weight is 385 g/mol. The molecular weight excluding hydrogens is 348 g/mol. The molecule has 0 aromatic carbocycles. The van der Waals surface area contributed by atoms with E-state index in [9.17, 15) is 9.59 Å². The maximum Gasteiger partial charge on any atom is 0.329 e. The van der Waals surface area contributed by atoms with E-state index in [-0.39, 0.29) is 0 Å². The number of carbonyl (C=O) groups excluding carboxylic acids is 2. The van der Waals surface area contributed by atoms with Crippen LogP contribution in [0.15, 0.2) is 9.98 Å². The van der Waals surface area contributed by atoms with Crippen molar-refractivity contribution >= 4 is 23.5 Å². The van der Waals surface area contributed by atoms with E-state index in [1.54, 1.807) is 34.6 Å². The Kier molecular flexibility index (Phi) is 11.3. The Morgan fingerprint density at radius 3 is 1.93 bits per heavy atom. The summed E-state index contributed by atoms with van der Waals surface area (Å²) in [5.74, 6) is 0.0938. The van der Waals surface area contributed by atoms with E-state index in [2.05, 4.69) is 15.3 Å². The Balaban J connectivity index is 4.74. The predicted octanol–water partition coefficient (Wildman–Crippen LogP) is 0.455. The predicted molar refractivity (Wildman–Crippen MR) is 109 cm³/mol. The topological polar surface area (TPSA) is 158 Å². The van der Waals surface area contributed by atoms with E-state index in [1.165, 1.54) is 0 Å². The number of esters is 1. The van der Waals surface area contributed by atoms with E-state index in [1.807, 2.05) is 0 Å². The van der Waals surface area contributed by atoms with Crippen molar-refractivity contribution in [3.63, 3.8) is 0 Å². The molecule has 0 heterocycles. The molecule has 0 saturated heterocycles. The minimum absolute atomic E-state index is 0.390. The second-order valence-corrected chi connectivity index (χ2v) is 7.53. The molecule has 7 N–H and O–H groups in total. The molecule has 0 aliphatic carbocycles. The third-order valence-electron chi connectivity index (χ3n) is 3.39. The summed E-state index contributed by atoms with van der Waals surface area (Å²) < 4.78 is 5.40. The van der Waals surface area contributed by atoms with Gasteiger partial charge in [-0.2, -0.15) is 0 Å². The molecule has 0 fully saturated rings. The second kappa shape index (κ2) is 12.3. The minimum atomic E-state index is -0.777. The molecule has 0 aromatic heterocycles. The van der Waals surface area contributed by atoms with Crippen LogP contribution in [0, 0.1) is 0 Å². The monoisotopic (exact) mass is 384 g/mol. The molecule has 0 saturated carbocycles. The van der Waals surface area contributed by atoms with Crippen LogP contribution in [0.1, 0.15) is 60.3 Å². The summed E-state index contributed by atoms with van der Waals surface area (Å²) in [6, 6.07) is -1.51. The van der Waals surface area contributed by atoms with Crippen molar-refractivity contribution in [1.29, 1.82) is 0 Å². The fraction of sp³-hybridized carbons (Fsp3) is 0.778. The van der Waals surface area contributed by atoms with E-state index in [4.69, 9.17) is 21.9 Å². The fourth-order valence-corrected chi connectivity index (χ4v) is 2.15. The molecule has 9 nitrogen and oxygen atoms in total. The van der Waals surface area contributed by atoms with Gasteiger partial charge in [0, 0.05) is 13.1 Å². The number of carbonyl (C=O) groups is 2. The summed E-state index contributed by atoms with van der Waals surface area (Å²) in [7, 11) is 0. The highest BCUT2D eigenvalue weighted by atomic mass is 16.6. The maximum atomic E-state index is 12.4. The normalized spacial score (nSPS) is 15.2. The molecule has 0 radical (unpaired) electrons. The van der Waals surface area contributed by atoms with Gasteiger partial charge in [0.2, 0.25) is 5.91 Å². The van der Waals surface area contributed by atoms with Crippen LogP contribution in [0.2, 0.25) is 0 Å². The lowest BCUT2D eigenvalue weighted by Gasteiger charge is -2.25. The van der Waals surface area contributed by atoms with Crippen LogP contribution < -0.4 is 22.5 Å². The first-order valence-corrected chi connectivity index (χ1v) is 9.24. The van der Waals surface area contributed by atoms with Gasteiger partial charge in [0.1, 0.15) is 11.6 Å². The number of aliphatic imine (C=N–C) groups is 2. The summed E-state index contributed by atoms with van der Waals surface area (Å²) in [5.41, 5.74) is 16.2. The van der Waals surface area contributed by atoms with Crippen molar-refractivity contribution in [2.24, 2.45) is 27.2 Å². The van der Waals surface area contributed by atoms with Gasteiger partial charge in [0.25, 0.3) is 0 Å². The number of nitrogens with two attached hydrogens (primary N) is 3. The van der Waals surface area contributed by atoms with Crippen molar-refractivity contribution in [2.75, 3.05) is 13.1 Å². The summed E-state index contributed by atoms with van der Waals surface area (Å²) in [4.78, 5) is 32.9. The third-order valence-corrected chi connectivity index (χ3v) is 3.39. The van der Waals surface area contributed by atoms with Crippen molar-refractivity contribution in [1.82, 2.24) is 5.32 Å². The first-order valence-electron chi connectivity index (χ1n) is 9.24. The Labute approximate surface area is 162 Å². The molecule has 0 aromatic rings. The third kappa shape index (κ3) is 13.7. The van der Waals surface area contributed by atoms with Crippen molar-refractivity contribution in [3.05, 3.63) is 0 Å². The Morgan fingerprint density at radius 1 is 1.00 bits per heavy atom. The van der Waals surface area contributed by atoms with Crippen molar-refractivity contribution in [2.45, 2.75) is 78.0 Å². The lowest BCUT2D eigenvalue weighted by molar-refractivity contribution is -0.159. The molecule has 0 spiro atoms. The smallest absolute Gasteiger partial charge is 0.329 e. The van der Waals surface area contributed by atoms with Crippen LogP contribution in [-0.2, 0) is 14.3 Å². The highest BCUT2D eigenvalue weighted by Gasteiger charge is 2.27. The molecule has 27 heavy (non-hydrogen) atoms. The maximum absolute atomic E-state index is 12.4. The Morgan fingerprint density at radius 2 is 1.48 bits per heavy atom. The van der Waals surface area contributed by atoms with Crippen LogP contribution in [0.3, 0.4) is 0 Å². The molecule has 0 rings (SSSR count). The number of hydrogen-bond acceptors (Lipinski definition) is 6. The quantitative estimate of drug-likeness (QED) is 0.175. The zero-order chi connectivity index (χ0) is 21.0. The largest absolute Gasteiger partial charge is 0.458 e. The standard InChI is InChI=1S/C18H36N6O3/c1-12(19)22-10-6-8-14(21)16(25)24-15(9-7-11-23-13(2)20)17(26)27-18(3,4)5/h14-15H,6-11,21H2,1-5H3,(H2,19,22)(H2,20,23)(H,24,25)/t14-,15-/m0/s1. The molecule has 0 aliphatic heterocycles. The number of amides is 1. The van der Waals surface area contributed by atoms with Gasteiger partial charge in [-0.25, -0.2) is 4.79 Å². The van der Waals surface area contributed by atoms with Crippen LogP contribution in [-0.4, -0.2) is 54.3 Å². The number of ether oxygens (including phenoxy) is 1. The lowest BCUT2D eigenvalue weighted by atomic mass is 10.1. The summed E-state index contributed by atoms with van der Waals surface area (Å²) >= 11 is 0. The molecule has 156 valence electrons. The first kappa shape index (κ1) is 24.8. The zero-order valence-corrected chi connectivity index (χ0v) is 17.2. The van der Waals surface area contributed by atoms with Crippen LogP contribution >= 0.6 is 0 Å². The molecule has 9 heteroatoms. The molecular formula is C18H36N6O3. The highest BCUT2D eigenvalue weighted by molar-refractivity contribution is 5.87. The Hall–Kier alpha value is -2.16. The van der Waals surface area contributed by atoms with Gasteiger partial charge in [0.05, 0.1) is 17.7 Å². The van der Waals surface area contributed by atoms with Gasteiger partial charge in [-0.15, -0.1) is 0 Å². The number of rotatable bonds is 11. The van der Waals surface area contributed by atoms with Crippen LogP contribution in [0.4, 0.5) is 0 Å². The van der Waals surface area contributed by atoms with E-state index >= 15 is 0 Å². The highest BCUT2D eigenvalue weighted by Crippen LogP contribution is 2.11. The van der Waals surface area contributed by atoms with Gasteiger partial charge >= 0.3 is 5.97 Å². The molecule has 0 aliphatic rings. The average Bonchev–Trinajstić information content (AvgIpc) is 2.51. The van der Waals surface area contributed by atoms with Gasteiger partial charge in [-0.3, -0.25) is 14.8 Å². The van der Waals surface area contributed by atoms with Crippen LogP contribution in [0.25, 0.3) is 0 Å². The van der Waals surface area contributed by atoms with Crippen molar-refractivity contribution < 1.29 is 14.3 Å². The molecule has 2 atom stereocenters. The zero-order valence-electron chi connectivity index (χ0n) is 17.2. The first-order chi connectivity index (χ1) is 12.4. The molecule has 1 amide bonds. The van der Waals surface area contributed by atoms with Crippen LogP contribution in [0.5, 0.6) is 0 Å². The summed E-state index contributed by atoms with van der Waals surface area (Å²) in [5, 5.41) is 2.70. The van der Waals surface area contributed by atoms with E-state index in [0.29, 0.717) is 50.4 Å². The SMILES string of the molecule is CC(N)=NCCC[C@H](NC(=O)[C@@H](N)CCCN=C(C)N)C(=O)OC(C)(C)C. The van der Waals surface area contributed by atoms with Gasteiger partial charge in [0.15, 0.2) is 0 Å². The molecule has 0 unspecified atom stereocenters. The summed E-state index contributed by atoms with van der Waals surface area (Å²) in [6.07, 6.45) is 2.05. The Bertz CT molecular complexity index is 532. The van der Waals surface area contributed by atoms with Gasteiger partial charge in [-0.05, 0) is 60.3 Å². The van der Waals surface area contributed by atoms with Crippen molar-refractivity contribution in [3.8, 4) is 0 Å². The molecule has 0 bridgehead atoms. The fourth-order valence-electron chi connectivity index (χ4n) is 2.15. The van der Waals surface area contributed by atoms with Gasteiger partial charge in [-0.1, -0.05) is 0 Å². The second-order valence-electron chi connectivity index (χ2n) is 7.53. The van der Waals surface area contributed by atoms with Gasteiger partial charge < -0.3 is 27.3 Å². The number of hydrogen-bond donors (Lipinski definition) is 4. The number of nitrogens with zero attached hydrogens (tertiary/aromatic N) is 2. The number of amidine groups is 2. The minimum Gasteiger partial charge on any atom is -0.458 e. The number of nitrogens with one attached hydrogen (secondary N) is 1. The summed E-state index contributed by atoms with van der Waals surface area (Å²) in [6.45, 7) is 9.71. The van der Waals surface area contributed by atoms with E-state index in [0.717, 1.165) is 0 Å².